The number of rotatable bonds is 5. The molecule has 0 heterocycles. The Balaban J connectivity index is 2.23. The van der Waals surface area contributed by atoms with Crippen LogP contribution in [-0.2, 0) is 0 Å². The third-order valence-corrected chi connectivity index (χ3v) is 2.98. The van der Waals surface area contributed by atoms with Crippen LogP contribution in [0.2, 0.25) is 0 Å². The van der Waals surface area contributed by atoms with E-state index in [1.807, 2.05) is 6.07 Å². The first kappa shape index (κ1) is 10.5. The van der Waals surface area contributed by atoms with Gasteiger partial charge in [-0.25, -0.2) is 0 Å². The summed E-state index contributed by atoms with van der Waals surface area (Å²) >= 11 is 5.57. The molecule has 0 bridgehead atoms. The first-order valence-corrected chi connectivity index (χ1v) is 6.07. The molecule has 0 saturated heterocycles. The van der Waals surface area contributed by atoms with E-state index in [0.29, 0.717) is 0 Å². The summed E-state index contributed by atoms with van der Waals surface area (Å²) in [6, 6.07) is 10.5. The topological polar surface area (TPSA) is 0 Å². The Kier molecular flexibility index (Phi) is 5.62. The zero-order chi connectivity index (χ0) is 9.36. The van der Waals surface area contributed by atoms with Crippen LogP contribution in [0.25, 0.3) is 0 Å². The summed E-state index contributed by atoms with van der Waals surface area (Å²) in [5.74, 6) is 0.763. The average Bonchev–Trinajstić information content (AvgIpc) is 2.19. The molecule has 0 aromatic heterocycles. The maximum atomic E-state index is 5.57. The van der Waals surface area contributed by atoms with Gasteiger partial charge in [0.25, 0.3) is 0 Å². The smallest absolute Gasteiger partial charge is 0.111 e. The van der Waals surface area contributed by atoms with Crippen molar-refractivity contribution in [1.82, 2.24) is 0 Å². The molecule has 1 rings (SSSR count). The van der Waals surface area contributed by atoms with Crippen molar-refractivity contribution in [2.45, 2.75) is 12.8 Å². The normalized spacial score (nSPS) is 10.8. The van der Waals surface area contributed by atoms with Crippen molar-refractivity contribution < 1.29 is 0 Å². The van der Waals surface area contributed by atoms with Crippen LogP contribution in [0.15, 0.2) is 42.1 Å². The van der Waals surface area contributed by atoms with E-state index < -0.39 is 0 Å². The highest BCUT2D eigenvalue weighted by molar-refractivity contribution is 6.58. The first-order valence-electron chi connectivity index (χ1n) is 4.46. The third-order valence-electron chi connectivity index (χ3n) is 1.65. The highest BCUT2D eigenvalue weighted by atomic mass is 35.5. The van der Waals surface area contributed by atoms with Gasteiger partial charge in [-0.05, 0) is 12.8 Å². The molecular weight excluding hydrogens is 196 g/mol. The Bertz CT molecular complexity index is 244. The van der Waals surface area contributed by atoms with E-state index in [-0.39, 0.29) is 0 Å². The van der Waals surface area contributed by atoms with Crippen molar-refractivity contribution in [2.24, 2.45) is 0 Å². The summed E-state index contributed by atoms with van der Waals surface area (Å²) in [6.07, 6.45) is 4.40. The van der Waals surface area contributed by atoms with E-state index in [4.69, 9.17) is 11.6 Å². The summed E-state index contributed by atoms with van der Waals surface area (Å²) in [5.41, 5.74) is 2.24. The van der Waals surface area contributed by atoms with E-state index in [1.54, 1.807) is 0 Å². The van der Waals surface area contributed by atoms with E-state index >= 15 is 0 Å². The molecule has 0 aliphatic rings. The van der Waals surface area contributed by atoms with Crippen molar-refractivity contribution in [3.8, 4) is 0 Å². The van der Waals surface area contributed by atoms with Gasteiger partial charge in [0.05, 0.1) is 0 Å². The maximum Gasteiger partial charge on any atom is 0.111 e. The number of hydrogen-bond acceptors (Lipinski definition) is 0. The summed E-state index contributed by atoms with van der Waals surface area (Å²) in [7, 11) is 0.792. The number of halogens is 1. The zero-order valence-electron chi connectivity index (χ0n) is 7.54. The van der Waals surface area contributed by atoms with Gasteiger partial charge in [-0.15, -0.1) is 11.6 Å². The van der Waals surface area contributed by atoms with E-state index in [9.17, 15) is 0 Å². The van der Waals surface area contributed by atoms with Crippen LogP contribution in [-0.4, -0.2) is 15.4 Å². The fourth-order valence-electron chi connectivity index (χ4n) is 0.968. The third kappa shape index (κ3) is 4.91. The van der Waals surface area contributed by atoms with Crippen LogP contribution in [0.3, 0.4) is 0 Å². The van der Waals surface area contributed by atoms with Crippen LogP contribution in [0.4, 0.5) is 0 Å². The molecule has 13 heavy (non-hydrogen) atoms. The molecule has 2 heteroatoms. The average molecular weight is 209 g/mol. The van der Waals surface area contributed by atoms with Crippen molar-refractivity contribution in [3.05, 3.63) is 42.1 Å². The van der Waals surface area contributed by atoms with Gasteiger partial charge in [0.2, 0.25) is 0 Å². The van der Waals surface area contributed by atoms with Gasteiger partial charge < -0.3 is 0 Å². The lowest BCUT2D eigenvalue weighted by Crippen LogP contribution is -2.10. The predicted octanol–water partition coefficient (Wildman–Crippen LogP) is 2.55. The number of allylic oxidation sites excluding steroid dienone is 1. The zero-order valence-corrected chi connectivity index (χ0v) is 9.30. The van der Waals surface area contributed by atoms with Crippen molar-refractivity contribution in [1.29, 1.82) is 0 Å². The second kappa shape index (κ2) is 6.93. The molecule has 0 amide bonds. The van der Waals surface area contributed by atoms with Crippen LogP contribution in [0, 0.1) is 0 Å². The van der Waals surface area contributed by atoms with E-state index in [0.717, 1.165) is 28.2 Å². The summed E-state index contributed by atoms with van der Waals surface area (Å²) in [4.78, 5) is 0. The highest BCUT2D eigenvalue weighted by Crippen LogP contribution is 1.92. The van der Waals surface area contributed by atoms with Crippen LogP contribution in [0.5, 0.6) is 0 Å². The molecule has 1 aromatic carbocycles. The van der Waals surface area contributed by atoms with Gasteiger partial charge in [-0.1, -0.05) is 47.3 Å². The summed E-state index contributed by atoms with van der Waals surface area (Å²) < 4.78 is 0. The van der Waals surface area contributed by atoms with Gasteiger partial charge >= 0.3 is 0 Å². The molecule has 0 atom stereocenters. The largest absolute Gasteiger partial charge is 0.127 e. The number of benzene rings is 1. The minimum Gasteiger partial charge on any atom is -0.127 e. The van der Waals surface area contributed by atoms with Crippen LogP contribution < -0.4 is 5.19 Å². The maximum absolute atomic E-state index is 5.57. The Morgan fingerprint density at radius 1 is 1.23 bits per heavy atom. The van der Waals surface area contributed by atoms with Crippen LogP contribution >= 0.6 is 11.6 Å². The Hall–Kier alpha value is -0.533. The second-order valence-corrected chi connectivity index (χ2v) is 4.32. The molecule has 0 fully saturated rings. The highest BCUT2D eigenvalue weighted by Gasteiger charge is 1.87. The molecule has 0 nitrogen and oxygen atoms in total. The molecule has 68 valence electrons. The second-order valence-electron chi connectivity index (χ2n) is 2.74. The summed E-state index contributed by atoms with van der Waals surface area (Å²) in [5, 5.41) is 1.39. The molecular formula is C11H13ClSi. The minimum absolute atomic E-state index is 0.763. The Morgan fingerprint density at radius 3 is 2.69 bits per heavy atom. The van der Waals surface area contributed by atoms with Gasteiger partial charge in [0.15, 0.2) is 0 Å². The Labute approximate surface area is 87.4 Å². The minimum atomic E-state index is 0.763. The number of hydrogen-bond donors (Lipinski definition) is 0. The molecule has 1 aromatic rings. The molecule has 0 N–H and O–H groups in total. The van der Waals surface area contributed by atoms with Crippen molar-refractivity contribution >= 4 is 26.3 Å². The van der Waals surface area contributed by atoms with Gasteiger partial charge in [-0.2, -0.15) is 0 Å². The van der Waals surface area contributed by atoms with E-state index in [1.165, 1.54) is 5.19 Å². The predicted molar refractivity (Wildman–Crippen MR) is 60.9 cm³/mol. The van der Waals surface area contributed by atoms with Gasteiger partial charge in [0, 0.05) is 5.88 Å². The Morgan fingerprint density at radius 2 is 2.00 bits per heavy atom. The number of unbranched alkanes of at least 4 members (excludes halogenated alkanes) is 1. The van der Waals surface area contributed by atoms with Gasteiger partial charge in [-0.3, -0.25) is 0 Å². The molecule has 0 saturated carbocycles. The molecule has 0 unspecified atom stereocenters. The molecule has 2 radical (unpaired) electrons. The standard InChI is InChI=1S/C11H13ClSi/c12-9-5-2-6-10-13-11-7-3-1-4-8-11/h1,3-4,6-8,10H,2,5,9H2/b10-6-. The molecule has 0 aliphatic heterocycles. The lowest BCUT2D eigenvalue weighted by atomic mass is 10.3. The van der Waals surface area contributed by atoms with Gasteiger partial charge in [0.1, 0.15) is 9.52 Å². The quantitative estimate of drug-likeness (QED) is 0.397. The van der Waals surface area contributed by atoms with Crippen molar-refractivity contribution in [3.63, 3.8) is 0 Å². The monoisotopic (exact) mass is 208 g/mol. The molecule has 0 aliphatic carbocycles. The fraction of sp³-hybridized carbons (Fsp3) is 0.273. The summed E-state index contributed by atoms with van der Waals surface area (Å²) in [6.45, 7) is 0. The lowest BCUT2D eigenvalue weighted by molar-refractivity contribution is 0.968. The SMILES string of the molecule is ClCCC/C=C\[Si]c1ccccc1. The molecule has 0 spiro atoms. The van der Waals surface area contributed by atoms with E-state index in [2.05, 4.69) is 36.0 Å². The number of alkyl halides is 1. The first-order chi connectivity index (χ1) is 6.43. The van der Waals surface area contributed by atoms with Crippen LogP contribution in [0.1, 0.15) is 12.8 Å². The lowest BCUT2D eigenvalue weighted by Gasteiger charge is -1.92. The fourth-order valence-corrected chi connectivity index (χ4v) is 1.98. The van der Waals surface area contributed by atoms with Crippen molar-refractivity contribution in [2.75, 3.05) is 5.88 Å².